The minimum absolute atomic E-state index is 0.176. The first-order valence-electron chi connectivity index (χ1n) is 8.41. The Kier molecular flexibility index (Phi) is 6.87. The number of likely N-dealkylation sites (N-methyl/N-ethyl adjacent to an activating group) is 1. The van der Waals surface area contributed by atoms with E-state index in [-0.39, 0.29) is 6.54 Å². The van der Waals surface area contributed by atoms with Crippen LogP contribution in [0.25, 0.3) is 0 Å². The SMILES string of the molecule is CCN(CC(=O)O)C1CCN(CCCc2ccccc2)CC1. The summed E-state index contributed by atoms with van der Waals surface area (Å²) in [5, 5.41) is 8.97. The molecule has 0 atom stereocenters. The zero-order chi connectivity index (χ0) is 15.8. The molecule has 0 aromatic heterocycles. The number of hydrogen-bond donors (Lipinski definition) is 1. The van der Waals surface area contributed by atoms with Crippen LogP contribution >= 0.6 is 0 Å². The highest BCUT2D eigenvalue weighted by atomic mass is 16.4. The van der Waals surface area contributed by atoms with Crippen molar-refractivity contribution < 1.29 is 9.90 Å². The number of hydrogen-bond acceptors (Lipinski definition) is 3. The Balaban J connectivity index is 1.67. The van der Waals surface area contributed by atoms with E-state index in [1.807, 2.05) is 0 Å². The Morgan fingerprint density at radius 2 is 1.95 bits per heavy atom. The molecule has 22 heavy (non-hydrogen) atoms. The Labute approximate surface area is 133 Å². The fourth-order valence-electron chi connectivity index (χ4n) is 3.33. The van der Waals surface area contributed by atoms with Gasteiger partial charge >= 0.3 is 5.97 Å². The summed E-state index contributed by atoms with van der Waals surface area (Å²) >= 11 is 0. The van der Waals surface area contributed by atoms with Gasteiger partial charge in [-0.15, -0.1) is 0 Å². The third-order valence-corrected chi connectivity index (χ3v) is 4.60. The first-order chi connectivity index (χ1) is 10.7. The van der Waals surface area contributed by atoms with Crippen molar-refractivity contribution in [2.75, 3.05) is 32.7 Å². The molecule has 2 rings (SSSR count). The Morgan fingerprint density at radius 1 is 1.27 bits per heavy atom. The minimum atomic E-state index is -0.716. The van der Waals surface area contributed by atoms with Crippen LogP contribution in [0, 0.1) is 0 Å². The molecule has 0 radical (unpaired) electrons. The number of likely N-dealkylation sites (tertiary alicyclic amines) is 1. The molecule has 0 aliphatic carbocycles. The molecule has 0 amide bonds. The minimum Gasteiger partial charge on any atom is -0.480 e. The van der Waals surface area contributed by atoms with Crippen LogP contribution in [0.3, 0.4) is 0 Å². The van der Waals surface area contributed by atoms with Gasteiger partial charge in [0.25, 0.3) is 0 Å². The Hall–Kier alpha value is -1.39. The van der Waals surface area contributed by atoms with Gasteiger partial charge in [0, 0.05) is 6.04 Å². The van der Waals surface area contributed by atoms with Gasteiger partial charge in [-0.3, -0.25) is 9.69 Å². The molecule has 1 aliphatic rings. The van der Waals surface area contributed by atoms with Crippen molar-refractivity contribution in [1.29, 1.82) is 0 Å². The highest BCUT2D eigenvalue weighted by Gasteiger charge is 2.24. The van der Waals surface area contributed by atoms with Gasteiger partial charge in [0.15, 0.2) is 0 Å². The van der Waals surface area contributed by atoms with Gasteiger partial charge in [-0.1, -0.05) is 37.3 Å². The van der Waals surface area contributed by atoms with Gasteiger partial charge in [0.1, 0.15) is 0 Å². The number of benzene rings is 1. The topological polar surface area (TPSA) is 43.8 Å². The van der Waals surface area contributed by atoms with E-state index in [0.29, 0.717) is 6.04 Å². The number of aryl methyl sites for hydroxylation is 1. The molecule has 1 fully saturated rings. The number of rotatable bonds is 8. The van der Waals surface area contributed by atoms with E-state index in [0.717, 1.165) is 45.4 Å². The number of nitrogens with zero attached hydrogens (tertiary/aromatic N) is 2. The standard InChI is InChI=1S/C18H28N2O2/c1-2-20(15-18(21)22)17-10-13-19(14-11-17)12-6-9-16-7-4-3-5-8-16/h3-5,7-8,17H,2,6,9-15H2,1H3,(H,21,22). The van der Waals surface area contributed by atoms with E-state index < -0.39 is 5.97 Å². The molecule has 0 saturated carbocycles. The Morgan fingerprint density at radius 3 is 2.55 bits per heavy atom. The van der Waals surface area contributed by atoms with Gasteiger partial charge < -0.3 is 10.0 Å². The quantitative estimate of drug-likeness (QED) is 0.801. The molecule has 1 heterocycles. The summed E-state index contributed by atoms with van der Waals surface area (Å²) in [7, 11) is 0. The van der Waals surface area contributed by atoms with Gasteiger partial charge in [-0.25, -0.2) is 0 Å². The summed E-state index contributed by atoms with van der Waals surface area (Å²) < 4.78 is 0. The molecule has 0 bridgehead atoms. The van der Waals surface area contributed by atoms with Crippen molar-refractivity contribution in [2.45, 2.75) is 38.6 Å². The van der Waals surface area contributed by atoms with Gasteiger partial charge in [0.05, 0.1) is 6.54 Å². The summed E-state index contributed by atoms with van der Waals surface area (Å²) in [5.41, 5.74) is 1.41. The number of piperidine rings is 1. The van der Waals surface area contributed by atoms with Gasteiger partial charge in [-0.2, -0.15) is 0 Å². The monoisotopic (exact) mass is 304 g/mol. The molecule has 1 N–H and O–H groups in total. The molecular weight excluding hydrogens is 276 g/mol. The molecule has 1 aliphatic heterocycles. The second kappa shape index (κ2) is 8.91. The van der Waals surface area contributed by atoms with Crippen molar-refractivity contribution in [3.63, 3.8) is 0 Å². The highest BCUT2D eigenvalue weighted by molar-refractivity contribution is 5.69. The summed E-state index contributed by atoms with van der Waals surface area (Å²) in [4.78, 5) is 15.5. The number of carboxylic acid groups (broad SMARTS) is 1. The van der Waals surface area contributed by atoms with Crippen molar-refractivity contribution in [3.8, 4) is 0 Å². The van der Waals surface area contributed by atoms with Crippen LogP contribution in [0.5, 0.6) is 0 Å². The second-order valence-corrected chi connectivity index (χ2v) is 6.12. The normalized spacial score (nSPS) is 17.0. The summed E-state index contributed by atoms with van der Waals surface area (Å²) in [5.74, 6) is -0.716. The predicted octanol–water partition coefficient (Wildman–Crippen LogP) is 2.49. The Bertz CT molecular complexity index is 442. The first kappa shape index (κ1) is 17.0. The van der Waals surface area contributed by atoms with Crippen LogP contribution < -0.4 is 0 Å². The van der Waals surface area contributed by atoms with Gasteiger partial charge in [0.2, 0.25) is 0 Å². The molecule has 0 spiro atoms. The van der Waals surface area contributed by atoms with E-state index in [2.05, 4.69) is 47.1 Å². The maximum atomic E-state index is 10.9. The maximum Gasteiger partial charge on any atom is 0.317 e. The van der Waals surface area contributed by atoms with Crippen molar-refractivity contribution >= 4 is 5.97 Å². The van der Waals surface area contributed by atoms with Crippen molar-refractivity contribution in [2.24, 2.45) is 0 Å². The molecule has 4 heteroatoms. The maximum absolute atomic E-state index is 10.9. The third kappa shape index (κ3) is 5.43. The lowest BCUT2D eigenvalue weighted by molar-refractivity contribution is -0.139. The molecule has 4 nitrogen and oxygen atoms in total. The molecule has 1 saturated heterocycles. The lowest BCUT2D eigenvalue weighted by Crippen LogP contribution is -2.46. The molecule has 1 aromatic carbocycles. The fraction of sp³-hybridized carbons (Fsp3) is 0.611. The lowest BCUT2D eigenvalue weighted by Gasteiger charge is -2.37. The van der Waals surface area contributed by atoms with E-state index in [9.17, 15) is 4.79 Å². The van der Waals surface area contributed by atoms with Crippen molar-refractivity contribution in [1.82, 2.24) is 9.80 Å². The van der Waals surface area contributed by atoms with Crippen LogP contribution in [0.4, 0.5) is 0 Å². The lowest BCUT2D eigenvalue weighted by atomic mass is 10.0. The summed E-state index contributed by atoms with van der Waals surface area (Å²) in [6, 6.07) is 11.1. The largest absolute Gasteiger partial charge is 0.480 e. The van der Waals surface area contributed by atoms with Crippen LogP contribution in [0.2, 0.25) is 0 Å². The molecular formula is C18H28N2O2. The number of aliphatic carboxylic acids is 1. The van der Waals surface area contributed by atoms with E-state index in [1.54, 1.807) is 0 Å². The molecule has 1 aromatic rings. The van der Waals surface area contributed by atoms with Crippen LogP contribution in [0.1, 0.15) is 31.7 Å². The summed E-state index contributed by atoms with van der Waals surface area (Å²) in [6.07, 6.45) is 4.51. The molecule has 122 valence electrons. The van der Waals surface area contributed by atoms with Crippen molar-refractivity contribution in [3.05, 3.63) is 35.9 Å². The van der Waals surface area contributed by atoms with Crippen LogP contribution in [-0.4, -0.2) is 59.6 Å². The van der Waals surface area contributed by atoms with Crippen LogP contribution in [-0.2, 0) is 11.2 Å². The number of carboxylic acids is 1. The van der Waals surface area contributed by atoms with Crippen LogP contribution in [0.15, 0.2) is 30.3 Å². The summed E-state index contributed by atoms with van der Waals surface area (Å²) in [6.45, 7) is 6.38. The number of carbonyl (C=O) groups is 1. The highest BCUT2D eigenvalue weighted by Crippen LogP contribution is 2.17. The zero-order valence-corrected chi connectivity index (χ0v) is 13.6. The average Bonchev–Trinajstić information content (AvgIpc) is 2.54. The predicted molar refractivity (Wildman–Crippen MR) is 89.1 cm³/mol. The van der Waals surface area contributed by atoms with E-state index >= 15 is 0 Å². The molecule has 0 unspecified atom stereocenters. The van der Waals surface area contributed by atoms with E-state index in [4.69, 9.17) is 5.11 Å². The third-order valence-electron chi connectivity index (χ3n) is 4.60. The van der Waals surface area contributed by atoms with Gasteiger partial charge in [-0.05, 0) is 57.4 Å². The first-order valence-corrected chi connectivity index (χ1v) is 8.41. The van der Waals surface area contributed by atoms with E-state index in [1.165, 1.54) is 12.0 Å². The second-order valence-electron chi connectivity index (χ2n) is 6.12. The fourth-order valence-corrected chi connectivity index (χ4v) is 3.33. The smallest absolute Gasteiger partial charge is 0.317 e. The zero-order valence-electron chi connectivity index (χ0n) is 13.6. The average molecular weight is 304 g/mol.